The summed E-state index contributed by atoms with van der Waals surface area (Å²) >= 11 is 11.9. The largest absolute Gasteiger partial charge is 0.480 e. The number of carbonyl (C=O) groups is 2. The lowest BCUT2D eigenvalue weighted by molar-refractivity contribution is -0.384. The Balaban J connectivity index is 1.42. The Hall–Kier alpha value is -3.71. The number of nitro benzene ring substituents is 1. The number of benzene rings is 3. The van der Waals surface area contributed by atoms with Crippen molar-refractivity contribution in [3.05, 3.63) is 92.5 Å². The molecule has 11 nitrogen and oxygen atoms in total. The van der Waals surface area contributed by atoms with Crippen molar-refractivity contribution in [1.29, 1.82) is 0 Å². The SMILES string of the molecule is O=C(O)[C@H](Cc1ccc(Oc2ccc([N+](=O)[O-])cc2)cc1)NC(=O)[C@@H]1CCCN1S(=O)(=O)c1cc(Cl)cc(Cl)c1. The fourth-order valence-corrected chi connectivity index (χ4v) is 6.66. The molecule has 1 amide bonds. The highest BCUT2D eigenvalue weighted by atomic mass is 35.5. The van der Waals surface area contributed by atoms with E-state index in [0.717, 1.165) is 4.31 Å². The molecule has 1 heterocycles. The number of carbonyl (C=O) groups excluding carboxylic acids is 1. The number of amides is 1. The van der Waals surface area contributed by atoms with Gasteiger partial charge in [0.1, 0.15) is 23.6 Å². The zero-order chi connectivity index (χ0) is 29.0. The summed E-state index contributed by atoms with van der Waals surface area (Å²) < 4.78 is 33.2. The lowest BCUT2D eigenvalue weighted by atomic mass is 10.1. The molecule has 14 heteroatoms. The Morgan fingerprint density at radius 3 is 2.17 bits per heavy atom. The van der Waals surface area contributed by atoms with Gasteiger partial charge < -0.3 is 15.2 Å². The monoisotopic (exact) mass is 607 g/mol. The van der Waals surface area contributed by atoms with Crippen LogP contribution in [0, 0.1) is 10.1 Å². The molecule has 0 unspecified atom stereocenters. The molecule has 3 aromatic rings. The van der Waals surface area contributed by atoms with E-state index in [1.54, 1.807) is 24.3 Å². The van der Waals surface area contributed by atoms with Gasteiger partial charge in [0.2, 0.25) is 15.9 Å². The first-order valence-electron chi connectivity index (χ1n) is 12.0. The van der Waals surface area contributed by atoms with Crippen molar-refractivity contribution < 1.29 is 32.8 Å². The summed E-state index contributed by atoms with van der Waals surface area (Å²) in [5.41, 5.74) is 0.505. The van der Waals surface area contributed by atoms with Crippen LogP contribution < -0.4 is 10.1 Å². The van der Waals surface area contributed by atoms with E-state index in [2.05, 4.69) is 5.32 Å². The molecule has 2 N–H and O–H groups in total. The first kappa shape index (κ1) is 29.3. The summed E-state index contributed by atoms with van der Waals surface area (Å²) in [7, 11) is -4.12. The number of nitrogens with one attached hydrogen (secondary N) is 1. The van der Waals surface area contributed by atoms with Crippen LogP contribution in [0.25, 0.3) is 0 Å². The minimum absolute atomic E-state index is 0.0672. The number of nitro groups is 1. The third-order valence-corrected chi connectivity index (χ3v) is 8.53. The minimum atomic E-state index is -4.12. The van der Waals surface area contributed by atoms with Gasteiger partial charge in [-0.15, -0.1) is 0 Å². The van der Waals surface area contributed by atoms with Crippen LogP contribution in [0.2, 0.25) is 10.0 Å². The summed E-state index contributed by atoms with van der Waals surface area (Å²) in [6, 6.07) is 13.4. The second-order valence-corrected chi connectivity index (χ2v) is 11.7. The molecular weight excluding hydrogens is 585 g/mol. The Morgan fingerprint density at radius 2 is 1.62 bits per heavy atom. The fourth-order valence-electron chi connectivity index (χ4n) is 4.27. The first-order chi connectivity index (χ1) is 18.9. The highest BCUT2D eigenvalue weighted by Crippen LogP contribution is 2.30. The van der Waals surface area contributed by atoms with E-state index in [-0.39, 0.29) is 40.0 Å². The molecule has 1 aliphatic rings. The van der Waals surface area contributed by atoms with Crippen LogP contribution >= 0.6 is 23.2 Å². The molecule has 1 aliphatic heterocycles. The number of carboxylic acid groups (broad SMARTS) is 1. The molecule has 1 saturated heterocycles. The minimum Gasteiger partial charge on any atom is -0.480 e. The van der Waals surface area contributed by atoms with Gasteiger partial charge in [-0.25, -0.2) is 13.2 Å². The third kappa shape index (κ3) is 6.89. The molecule has 2 atom stereocenters. The van der Waals surface area contributed by atoms with Gasteiger partial charge in [0, 0.05) is 35.1 Å². The van der Waals surface area contributed by atoms with Crippen molar-refractivity contribution >= 4 is 50.8 Å². The summed E-state index contributed by atoms with van der Waals surface area (Å²) in [5.74, 6) is -1.21. The Morgan fingerprint density at radius 1 is 1.05 bits per heavy atom. The molecule has 210 valence electrons. The van der Waals surface area contributed by atoms with Gasteiger partial charge in [-0.3, -0.25) is 14.9 Å². The van der Waals surface area contributed by atoms with E-state index in [4.69, 9.17) is 27.9 Å². The molecule has 3 aromatic carbocycles. The number of hydrogen-bond acceptors (Lipinski definition) is 7. The Kier molecular flexibility index (Phi) is 8.94. The van der Waals surface area contributed by atoms with E-state index >= 15 is 0 Å². The highest BCUT2D eigenvalue weighted by molar-refractivity contribution is 7.89. The van der Waals surface area contributed by atoms with Gasteiger partial charge in [0.15, 0.2) is 0 Å². The number of non-ortho nitro benzene ring substituents is 1. The quantitative estimate of drug-likeness (QED) is 0.249. The van der Waals surface area contributed by atoms with Crippen molar-refractivity contribution in [1.82, 2.24) is 9.62 Å². The molecule has 1 fully saturated rings. The van der Waals surface area contributed by atoms with Crippen LogP contribution in [0.4, 0.5) is 5.69 Å². The van der Waals surface area contributed by atoms with Crippen LogP contribution in [0.5, 0.6) is 11.5 Å². The molecule has 0 aromatic heterocycles. The van der Waals surface area contributed by atoms with Crippen LogP contribution in [-0.2, 0) is 26.0 Å². The van der Waals surface area contributed by atoms with E-state index in [0.29, 0.717) is 23.5 Å². The summed E-state index contributed by atoms with van der Waals surface area (Å²) in [6.07, 6.45) is 0.572. The summed E-state index contributed by atoms with van der Waals surface area (Å²) in [6.45, 7) is 0.0819. The molecule has 0 aliphatic carbocycles. The maximum absolute atomic E-state index is 13.2. The lowest BCUT2D eigenvalue weighted by Gasteiger charge is -2.25. The summed E-state index contributed by atoms with van der Waals surface area (Å²) in [5, 5.41) is 23.3. The molecular formula is C26H23Cl2N3O8S. The number of carboxylic acids is 1. The number of halogens is 2. The second kappa shape index (κ2) is 12.2. The zero-order valence-corrected chi connectivity index (χ0v) is 23.0. The highest BCUT2D eigenvalue weighted by Gasteiger charge is 2.40. The maximum Gasteiger partial charge on any atom is 0.326 e. The lowest BCUT2D eigenvalue weighted by Crippen LogP contribution is -2.51. The number of rotatable bonds is 10. The molecule has 0 spiro atoms. The molecule has 4 rings (SSSR count). The zero-order valence-electron chi connectivity index (χ0n) is 20.7. The van der Waals surface area contributed by atoms with E-state index < -0.39 is 38.9 Å². The van der Waals surface area contributed by atoms with E-state index in [1.165, 1.54) is 42.5 Å². The number of aliphatic carboxylic acids is 1. The van der Waals surface area contributed by atoms with Gasteiger partial charge in [0.25, 0.3) is 5.69 Å². The van der Waals surface area contributed by atoms with Crippen molar-refractivity contribution in [2.45, 2.75) is 36.2 Å². The number of sulfonamides is 1. The molecule has 0 saturated carbocycles. The van der Waals surface area contributed by atoms with Gasteiger partial charge in [-0.05, 0) is 60.9 Å². The predicted molar refractivity (Wildman–Crippen MR) is 146 cm³/mol. The number of hydrogen-bond donors (Lipinski definition) is 2. The molecule has 40 heavy (non-hydrogen) atoms. The number of nitrogens with zero attached hydrogens (tertiary/aromatic N) is 2. The van der Waals surface area contributed by atoms with Gasteiger partial charge in [-0.1, -0.05) is 35.3 Å². The van der Waals surface area contributed by atoms with Crippen molar-refractivity contribution in [2.24, 2.45) is 0 Å². The maximum atomic E-state index is 13.2. The average Bonchev–Trinajstić information content (AvgIpc) is 3.40. The third-order valence-electron chi connectivity index (χ3n) is 6.21. The second-order valence-electron chi connectivity index (χ2n) is 8.98. The van der Waals surface area contributed by atoms with Crippen LogP contribution in [-0.4, -0.2) is 53.3 Å². The van der Waals surface area contributed by atoms with Crippen LogP contribution in [0.15, 0.2) is 71.6 Å². The smallest absolute Gasteiger partial charge is 0.326 e. The van der Waals surface area contributed by atoms with Crippen LogP contribution in [0.3, 0.4) is 0 Å². The topological polar surface area (TPSA) is 156 Å². The Bertz CT molecular complexity index is 1510. The normalized spacial score (nSPS) is 16.3. The van der Waals surface area contributed by atoms with E-state index in [9.17, 15) is 33.2 Å². The van der Waals surface area contributed by atoms with Gasteiger partial charge >= 0.3 is 5.97 Å². The van der Waals surface area contributed by atoms with E-state index in [1.807, 2.05) is 0 Å². The van der Waals surface area contributed by atoms with Crippen molar-refractivity contribution in [2.75, 3.05) is 6.54 Å². The number of ether oxygens (including phenoxy) is 1. The molecule has 0 radical (unpaired) electrons. The van der Waals surface area contributed by atoms with Crippen LogP contribution in [0.1, 0.15) is 18.4 Å². The predicted octanol–water partition coefficient (Wildman–Crippen LogP) is 4.66. The standard InChI is InChI=1S/C26H23Cl2N3O8S/c27-17-13-18(28)15-22(14-17)40(37,38)30-11-1-2-24(30)25(32)29-23(26(33)34)12-16-3-7-20(8-4-16)39-21-9-5-19(6-10-21)31(35)36/h3-10,13-15,23-24H,1-2,11-12H2,(H,29,32)(H,33,34)/t23-,24-/m0/s1. The Labute approximate surface area is 239 Å². The van der Waals surface area contributed by atoms with Gasteiger partial charge in [0.05, 0.1) is 9.82 Å². The molecule has 0 bridgehead atoms. The summed E-state index contributed by atoms with van der Waals surface area (Å²) in [4.78, 5) is 35.2. The fraction of sp³-hybridized carbons (Fsp3) is 0.231. The van der Waals surface area contributed by atoms with Crippen molar-refractivity contribution in [3.63, 3.8) is 0 Å². The van der Waals surface area contributed by atoms with Gasteiger partial charge in [-0.2, -0.15) is 4.31 Å². The first-order valence-corrected chi connectivity index (χ1v) is 14.2. The average molecular weight is 608 g/mol. The van der Waals surface area contributed by atoms with Crippen molar-refractivity contribution in [3.8, 4) is 11.5 Å².